The van der Waals surface area contributed by atoms with Crippen LogP contribution in [-0.4, -0.2) is 74.3 Å². The molecule has 2 aromatic carbocycles. The zero-order valence-corrected chi connectivity index (χ0v) is 19.6. The number of hydrogen-bond acceptors (Lipinski definition) is 9. The van der Waals surface area contributed by atoms with Gasteiger partial charge in [0.25, 0.3) is 15.9 Å². The van der Waals surface area contributed by atoms with Crippen LogP contribution in [0.15, 0.2) is 58.4 Å². The van der Waals surface area contributed by atoms with E-state index in [0.717, 1.165) is 19.5 Å². The molecule has 0 saturated heterocycles. The number of rotatable bonds is 11. The number of benzene rings is 2. The molecule has 0 atom stereocenters. The molecule has 5 N–H and O–H groups in total. The van der Waals surface area contributed by atoms with E-state index < -0.39 is 40.6 Å². The van der Waals surface area contributed by atoms with Gasteiger partial charge in [-0.2, -0.15) is 0 Å². The number of hydrazine groups is 1. The zero-order chi connectivity index (χ0) is 25.3. The van der Waals surface area contributed by atoms with E-state index in [9.17, 15) is 23.1 Å². The molecule has 1 aliphatic rings. The molecule has 0 bridgehead atoms. The quantitative estimate of drug-likeness (QED) is 0.216. The second-order valence-corrected chi connectivity index (χ2v) is 9.13. The Morgan fingerprint density at radius 2 is 1.94 bits per heavy atom. The number of aromatic hydroxyl groups is 1. The summed E-state index contributed by atoms with van der Waals surface area (Å²) in [4.78, 5) is 30.3. The Morgan fingerprint density at radius 3 is 2.60 bits per heavy atom. The first-order valence-corrected chi connectivity index (χ1v) is 12.3. The van der Waals surface area contributed by atoms with Gasteiger partial charge < -0.3 is 25.6 Å². The number of phenolic OH excluding ortho intramolecular Hbond substituents is 1. The molecule has 1 aliphatic heterocycles. The Balaban J connectivity index is 1.67. The lowest BCUT2D eigenvalue weighted by Crippen LogP contribution is -2.47. The highest BCUT2D eigenvalue weighted by atomic mass is 32.2. The number of phenols is 1. The monoisotopic (exact) mass is 505 g/mol. The second kappa shape index (κ2) is 12.0. The standard InChI is InChI=1S/C22H27N5O7S/c28-19-15-16(34-14-12-25-22-23-10-4-11-24-22)7-8-18(19)21(31)27(13-9-20(29)30)26-35(32,33)17-5-2-1-3-6-17/h1-3,5-8,15,26,28H,4,9-14H2,(H,29,30)(H2,23,24,25). The van der Waals surface area contributed by atoms with Gasteiger partial charge in [0, 0.05) is 25.7 Å². The van der Waals surface area contributed by atoms with Crippen molar-refractivity contribution >= 4 is 27.9 Å². The lowest BCUT2D eigenvalue weighted by molar-refractivity contribution is -0.137. The molecule has 1 heterocycles. The number of carboxylic acid groups (broad SMARTS) is 1. The SMILES string of the molecule is O=C(O)CCN(NS(=O)(=O)c1ccccc1)C(=O)c1ccc(OCCNC2=NCCCN2)cc1O. The number of ether oxygens (including phenoxy) is 1. The minimum Gasteiger partial charge on any atom is -0.507 e. The van der Waals surface area contributed by atoms with Crippen molar-refractivity contribution in [2.45, 2.75) is 17.7 Å². The number of carbonyl (C=O) groups excluding carboxylic acids is 1. The summed E-state index contributed by atoms with van der Waals surface area (Å²) in [5.41, 5.74) is -0.225. The summed E-state index contributed by atoms with van der Waals surface area (Å²) in [6, 6.07) is 11.3. The van der Waals surface area contributed by atoms with E-state index in [-0.39, 0.29) is 17.1 Å². The van der Waals surface area contributed by atoms with Crippen molar-refractivity contribution in [3.8, 4) is 11.5 Å². The lowest BCUT2D eigenvalue weighted by atomic mass is 10.1. The highest BCUT2D eigenvalue weighted by Crippen LogP contribution is 2.25. The van der Waals surface area contributed by atoms with Crippen molar-refractivity contribution in [2.75, 3.05) is 32.8 Å². The van der Waals surface area contributed by atoms with Gasteiger partial charge in [0.05, 0.1) is 23.4 Å². The first kappa shape index (κ1) is 25.8. The van der Waals surface area contributed by atoms with E-state index in [1.54, 1.807) is 6.07 Å². The second-order valence-electron chi connectivity index (χ2n) is 7.47. The van der Waals surface area contributed by atoms with Gasteiger partial charge in [-0.05, 0) is 30.7 Å². The molecule has 12 nitrogen and oxygen atoms in total. The number of amides is 1. The van der Waals surface area contributed by atoms with Gasteiger partial charge in [0.2, 0.25) is 0 Å². The molecule has 35 heavy (non-hydrogen) atoms. The molecule has 1 amide bonds. The third-order valence-corrected chi connectivity index (χ3v) is 6.19. The minimum atomic E-state index is -4.17. The van der Waals surface area contributed by atoms with Crippen molar-refractivity contribution in [1.29, 1.82) is 0 Å². The maximum Gasteiger partial charge on any atom is 0.305 e. The number of nitrogens with one attached hydrogen (secondary N) is 3. The molecule has 13 heteroatoms. The smallest absolute Gasteiger partial charge is 0.305 e. The van der Waals surface area contributed by atoms with Crippen molar-refractivity contribution in [3.05, 3.63) is 54.1 Å². The number of aliphatic imine (C=N–C) groups is 1. The topological polar surface area (TPSA) is 170 Å². The van der Waals surface area contributed by atoms with Crippen LogP contribution in [0.5, 0.6) is 11.5 Å². The third kappa shape index (κ3) is 7.58. The van der Waals surface area contributed by atoms with Crippen LogP contribution in [0.4, 0.5) is 0 Å². The Hall–Kier alpha value is -3.84. The summed E-state index contributed by atoms with van der Waals surface area (Å²) in [7, 11) is -4.17. The molecule has 0 unspecified atom stereocenters. The van der Waals surface area contributed by atoms with Crippen molar-refractivity contribution in [3.63, 3.8) is 0 Å². The number of sulfonamides is 1. The first-order chi connectivity index (χ1) is 16.8. The van der Waals surface area contributed by atoms with Gasteiger partial charge in [-0.15, -0.1) is 4.83 Å². The van der Waals surface area contributed by atoms with E-state index in [4.69, 9.17) is 9.84 Å². The molecule has 2 aromatic rings. The molecule has 0 aromatic heterocycles. The van der Waals surface area contributed by atoms with Gasteiger partial charge in [0.1, 0.15) is 18.1 Å². The molecule has 0 fully saturated rings. The van der Waals surface area contributed by atoms with Crippen LogP contribution in [0, 0.1) is 0 Å². The predicted molar refractivity (Wildman–Crippen MR) is 127 cm³/mol. The van der Waals surface area contributed by atoms with Crippen LogP contribution < -0.4 is 20.2 Å². The van der Waals surface area contributed by atoms with E-state index in [0.29, 0.717) is 23.3 Å². The Morgan fingerprint density at radius 1 is 1.17 bits per heavy atom. The van der Waals surface area contributed by atoms with Crippen LogP contribution in [0.1, 0.15) is 23.2 Å². The minimum absolute atomic E-state index is 0.107. The number of carboxylic acids is 1. The van der Waals surface area contributed by atoms with Crippen LogP contribution in [0.2, 0.25) is 0 Å². The van der Waals surface area contributed by atoms with E-state index in [1.165, 1.54) is 42.5 Å². The number of hydrogen-bond donors (Lipinski definition) is 5. The summed E-state index contributed by atoms with van der Waals surface area (Å²) >= 11 is 0. The molecule has 0 radical (unpaired) electrons. The van der Waals surface area contributed by atoms with Crippen molar-refractivity contribution in [2.24, 2.45) is 4.99 Å². The number of nitrogens with zero attached hydrogens (tertiary/aromatic N) is 2. The summed E-state index contributed by atoms with van der Waals surface area (Å²) in [5.74, 6) is -1.60. The van der Waals surface area contributed by atoms with Crippen LogP contribution in [0.25, 0.3) is 0 Å². The van der Waals surface area contributed by atoms with E-state index in [2.05, 4.69) is 20.5 Å². The van der Waals surface area contributed by atoms with E-state index in [1.807, 2.05) is 0 Å². The van der Waals surface area contributed by atoms with Crippen molar-refractivity contribution < 1.29 is 33.0 Å². The zero-order valence-electron chi connectivity index (χ0n) is 18.8. The fourth-order valence-corrected chi connectivity index (χ4v) is 4.20. The van der Waals surface area contributed by atoms with Crippen LogP contribution in [0.3, 0.4) is 0 Å². The third-order valence-electron chi connectivity index (χ3n) is 4.84. The predicted octanol–water partition coefficient (Wildman–Crippen LogP) is 0.520. The number of carbonyl (C=O) groups is 2. The van der Waals surface area contributed by atoms with Crippen LogP contribution in [-0.2, 0) is 14.8 Å². The lowest BCUT2D eigenvalue weighted by Gasteiger charge is -2.23. The highest BCUT2D eigenvalue weighted by molar-refractivity contribution is 7.89. The summed E-state index contributed by atoms with van der Waals surface area (Å²) in [6.45, 7) is 1.86. The average Bonchev–Trinajstić information content (AvgIpc) is 2.85. The maximum absolute atomic E-state index is 13.0. The van der Waals surface area contributed by atoms with Gasteiger partial charge in [-0.1, -0.05) is 18.2 Å². The Bertz CT molecular complexity index is 1170. The molecule has 3 rings (SSSR count). The molecule has 188 valence electrons. The van der Waals surface area contributed by atoms with Gasteiger partial charge in [-0.25, -0.2) is 8.42 Å². The summed E-state index contributed by atoms with van der Waals surface area (Å²) < 4.78 is 30.9. The summed E-state index contributed by atoms with van der Waals surface area (Å²) in [6.07, 6.45) is 0.464. The molecular formula is C22H27N5O7S. The average molecular weight is 506 g/mol. The van der Waals surface area contributed by atoms with Gasteiger partial charge in [-0.3, -0.25) is 19.6 Å². The molecule has 0 spiro atoms. The number of guanidine groups is 1. The normalized spacial score (nSPS) is 13.3. The Kier molecular flexibility index (Phi) is 8.86. The molecule has 0 aliphatic carbocycles. The molecule has 0 saturated carbocycles. The Labute approximate surface area is 202 Å². The maximum atomic E-state index is 13.0. The number of aliphatic carboxylic acids is 1. The van der Waals surface area contributed by atoms with E-state index >= 15 is 0 Å². The van der Waals surface area contributed by atoms with Gasteiger partial charge >= 0.3 is 5.97 Å². The largest absolute Gasteiger partial charge is 0.507 e. The highest BCUT2D eigenvalue weighted by Gasteiger charge is 2.26. The fraction of sp³-hybridized carbons (Fsp3) is 0.318. The summed E-state index contributed by atoms with van der Waals surface area (Å²) in [5, 5.41) is 26.3. The van der Waals surface area contributed by atoms with Crippen LogP contribution >= 0.6 is 0 Å². The fourth-order valence-electron chi connectivity index (χ4n) is 3.11. The van der Waals surface area contributed by atoms with Gasteiger partial charge in [0.15, 0.2) is 5.96 Å². The first-order valence-electron chi connectivity index (χ1n) is 10.9. The van der Waals surface area contributed by atoms with Crippen molar-refractivity contribution in [1.82, 2.24) is 20.5 Å². The molecular weight excluding hydrogens is 478 g/mol.